The first-order valence-electron chi connectivity index (χ1n) is 5.34. The van der Waals surface area contributed by atoms with Crippen LogP contribution in [0, 0.1) is 13.8 Å². The number of rotatable bonds is 5. The fourth-order valence-electron chi connectivity index (χ4n) is 0.965. The van der Waals surface area contributed by atoms with E-state index < -0.39 is 11.9 Å². The molecular formula is C11H15N3O4. The van der Waals surface area contributed by atoms with Crippen LogP contribution in [0.25, 0.3) is 0 Å². The van der Waals surface area contributed by atoms with Gasteiger partial charge in [0, 0.05) is 5.57 Å². The van der Waals surface area contributed by atoms with Crippen LogP contribution in [0.15, 0.2) is 12.2 Å². The summed E-state index contributed by atoms with van der Waals surface area (Å²) in [5, 5.41) is 7.37. The Morgan fingerprint density at radius 2 is 2.06 bits per heavy atom. The molecule has 1 heterocycles. The Labute approximate surface area is 104 Å². The van der Waals surface area contributed by atoms with Gasteiger partial charge in [0.2, 0.25) is 0 Å². The van der Waals surface area contributed by atoms with Crippen LogP contribution in [0.3, 0.4) is 0 Å². The fourth-order valence-corrected chi connectivity index (χ4v) is 0.965. The van der Waals surface area contributed by atoms with Crippen LogP contribution in [0.2, 0.25) is 0 Å². The smallest absolute Gasteiger partial charge is 0.338 e. The van der Waals surface area contributed by atoms with Crippen LogP contribution >= 0.6 is 0 Å². The number of carbonyl (C=O) groups excluding carboxylic acids is 2. The van der Waals surface area contributed by atoms with Gasteiger partial charge >= 0.3 is 11.9 Å². The highest BCUT2D eigenvalue weighted by Gasteiger charge is 2.11. The molecule has 18 heavy (non-hydrogen) atoms. The Bertz CT molecular complexity index is 479. The van der Waals surface area contributed by atoms with E-state index in [4.69, 9.17) is 9.57 Å². The molecule has 0 N–H and O–H groups in total. The Balaban J connectivity index is 2.37. The zero-order chi connectivity index (χ0) is 13.7. The second-order valence-electron chi connectivity index (χ2n) is 3.76. The van der Waals surface area contributed by atoms with E-state index in [9.17, 15) is 9.59 Å². The normalized spacial score (nSPS) is 9.94. The average Bonchev–Trinajstić information content (AvgIpc) is 2.60. The largest absolute Gasteiger partial charge is 0.462 e. The van der Waals surface area contributed by atoms with Gasteiger partial charge in [-0.3, -0.25) is 0 Å². The number of aromatic nitrogens is 3. The average molecular weight is 253 g/mol. The molecule has 0 aromatic carbocycles. The minimum absolute atomic E-state index is 0.0582. The molecule has 0 amide bonds. The number of hydrogen-bond donors (Lipinski definition) is 0. The van der Waals surface area contributed by atoms with E-state index in [0.717, 1.165) is 4.85 Å². The first kappa shape index (κ1) is 13.9. The number of ether oxygens (including phenoxy) is 1. The van der Waals surface area contributed by atoms with Gasteiger partial charge in [-0.05, 0) is 26.0 Å². The highest BCUT2D eigenvalue weighted by Crippen LogP contribution is 1.99. The van der Waals surface area contributed by atoms with E-state index in [1.807, 2.05) is 0 Å². The number of hydrogen-bond acceptors (Lipinski definition) is 6. The van der Waals surface area contributed by atoms with Gasteiger partial charge in [0.25, 0.3) is 0 Å². The van der Waals surface area contributed by atoms with Gasteiger partial charge in [0.05, 0.1) is 12.1 Å². The van der Waals surface area contributed by atoms with Crippen LogP contribution < -0.4 is 4.84 Å². The van der Waals surface area contributed by atoms with Crippen molar-refractivity contribution in [3.05, 3.63) is 23.5 Å². The van der Waals surface area contributed by atoms with Gasteiger partial charge in [-0.15, -0.1) is 5.10 Å². The number of carbonyl (C=O) groups is 2. The minimum Gasteiger partial charge on any atom is -0.462 e. The molecule has 0 saturated heterocycles. The number of nitrogens with zero attached hydrogens (tertiary/aromatic N) is 3. The van der Waals surface area contributed by atoms with Crippen molar-refractivity contribution in [2.24, 2.45) is 0 Å². The van der Waals surface area contributed by atoms with Crippen molar-refractivity contribution in [1.82, 2.24) is 15.2 Å². The van der Waals surface area contributed by atoms with Crippen LogP contribution in [-0.2, 0) is 14.3 Å². The monoisotopic (exact) mass is 253 g/mol. The predicted molar refractivity (Wildman–Crippen MR) is 61.5 cm³/mol. The standard InChI is InChI=1S/C11H15N3O4/c1-7(2)11(16)17-6-5-10(15)18-14-9(4)8(3)12-13-14/h1,5-6H2,2-4H3. The molecule has 7 nitrogen and oxygen atoms in total. The third kappa shape index (κ3) is 3.69. The molecule has 0 aliphatic carbocycles. The van der Waals surface area contributed by atoms with Gasteiger partial charge in [-0.2, -0.15) is 0 Å². The van der Waals surface area contributed by atoms with Crippen molar-refractivity contribution < 1.29 is 19.2 Å². The first-order valence-corrected chi connectivity index (χ1v) is 5.34. The van der Waals surface area contributed by atoms with E-state index >= 15 is 0 Å². The molecule has 1 rings (SSSR count). The molecule has 98 valence electrons. The first-order chi connectivity index (χ1) is 8.41. The molecular weight excluding hydrogens is 238 g/mol. The maximum atomic E-state index is 11.4. The van der Waals surface area contributed by atoms with Crippen molar-refractivity contribution in [3.63, 3.8) is 0 Å². The summed E-state index contributed by atoms with van der Waals surface area (Å²) in [4.78, 5) is 28.4. The lowest BCUT2D eigenvalue weighted by atomic mass is 10.4. The Hall–Kier alpha value is -2.18. The lowest BCUT2D eigenvalue weighted by molar-refractivity contribution is -0.149. The zero-order valence-electron chi connectivity index (χ0n) is 10.6. The molecule has 0 fully saturated rings. The van der Waals surface area contributed by atoms with Crippen LogP contribution in [0.5, 0.6) is 0 Å². The minimum atomic E-state index is -0.558. The van der Waals surface area contributed by atoms with Crippen LogP contribution in [0.4, 0.5) is 0 Å². The predicted octanol–water partition coefficient (Wildman–Crippen LogP) is 0.360. The molecule has 0 aliphatic rings. The maximum absolute atomic E-state index is 11.4. The highest BCUT2D eigenvalue weighted by molar-refractivity contribution is 5.87. The Morgan fingerprint density at radius 1 is 1.39 bits per heavy atom. The van der Waals surface area contributed by atoms with Crippen molar-refractivity contribution in [2.75, 3.05) is 6.61 Å². The van der Waals surface area contributed by atoms with E-state index in [1.54, 1.807) is 13.8 Å². The molecule has 7 heteroatoms. The summed E-state index contributed by atoms with van der Waals surface area (Å²) < 4.78 is 4.76. The second kappa shape index (κ2) is 5.95. The van der Waals surface area contributed by atoms with Crippen LogP contribution in [-0.4, -0.2) is 33.7 Å². The fraction of sp³-hybridized carbons (Fsp3) is 0.455. The lowest BCUT2D eigenvalue weighted by Crippen LogP contribution is -2.23. The highest BCUT2D eigenvalue weighted by atomic mass is 16.7. The maximum Gasteiger partial charge on any atom is 0.338 e. The molecule has 1 aromatic heterocycles. The Kier molecular flexibility index (Phi) is 4.59. The SMILES string of the molecule is C=C(C)C(=O)OCCC(=O)On1nnc(C)c1C. The van der Waals surface area contributed by atoms with E-state index in [-0.39, 0.29) is 18.6 Å². The summed E-state index contributed by atoms with van der Waals surface area (Å²) in [6.07, 6.45) is -0.0582. The van der Waals surface area contributed by atoms with Crippen molar-refractivity contribution in [2.45, 2.75) is 27.2 Å². The topological polar surface area (TPSA) is 83.3 Å². The quantitative estimate of drug-likeness (QED) is 0.428. The Morgan fingerprint density at radius 3 is 2.56 bits per heavy atom. The molecule has 0 spiro atoms. The van der Waals surface area contributed by atoms with Gasteiger partial charge < -0.3 is 9.57 Å². The third-order valence-corrected chi connectivity index (χ3v) is 2.16. The third-order valence-electron chi connectivity index (χ3n) is 2.16. The van der Waals surface area contributed by atoms with Crippen LogP contribution in [0.1, 0.15) is 24.7 Å². The zero-order valence-corrected chi connectivity index (χ0v) is 10.6. The lowest BCUT2D eigenvalue weighted by Gasteiger charge is -2.05. The molecule has 0 unspecified atom stereocenters. The van der Waals surface area contributed by atoms with Gasteiger partial charge in [0.1, 0.15) is 12.3 Å². The van der Waals surface area contributed by atoms with Crippen molar-refractivity contribution in [3.8, 4) is 0 Å². The second-order valence-corrected chi connectivity index (χ2v) is 3.76. The summed E-state index contributed by atoms with van der Waals surface area (Å²) in [6.45, 7) is 8.37. The van der Waals surface area contributed by atoms with E-state index in [1.165, 1.54) is 6.92 Å². The van der Waals surface area contributed by atoms with E-state index in [0.29, 0.717) is 11.4 Å². The number of esters is 1. The molecule has 1 aromatic rings. The summed E-state index contributed by atoms with van der Waals surface area (Å²) in [6, 6.07) is 0. The molecule has 0 aliphatic heterocycles. The van der Waals surface area contributed by atoms with E-state index in [2.05, 4.69) is 16.9 Å². The molecule has 0 atom stereocenters. The van der Waals surface area contributed by atoms with Gasteiger partial charge in [0.15, 0.2) is 0 Å². The van der Waals surface area contributed by atoms with Crippen molar-refractivity contribution >= 4 is 11.9 Å². The molecule has 0 bridgehead atoms. The molecule has 0 saturated carbocycles. The van der Waals surface area contributed by atoms with Crippen molar-refractivity contribution in [1.29, 1.82) is 0 Å². The van der Waals surface area contributed by atoms with Gasteiger partial charge in [-0.25, -0.2) is 9.59 Å². The van der Waals surface area contributed by atoms with Gasteiger partial charge in [-0.1, -0.05) is 11.4 Å². The number of aryl methyl sites for hydroxylation is 1. The summed E-state index contributed by atoms with van der Waals surface area (Å²) in [5.74, 6) is -1.09. The summed E-state index contributed by atoms with van der Waals surface area (Å²) in [7, 11) is 0. The summed E-state index contributed by atoms with van der Waals surface area (Å²) >= 11 is 0. The summed E-state index contributed by atoms with van der Waals surface area (Å²) in [5.41, 5.74) is 1.60. The molecule has 0 radical (unpaired) electrons.